The lowest BCUT2D eigenvalue weighted by Crippen LogP contribution is -2.46. The van der Waals surface area contributed by atoms with Gasteiger partial charge in [0.05, 0.1) is 38.4 Å². The molecule has 3 unspecified atom stereocenters. The molecule has 28 heavy (non-hydrogen) atoms. The predicted molar refractivity (Wildman–Crippen MR) is 96.9 cm³/mol. The molecule has 3 atom stereocenters. The number of carbonyl (C=O) groups is 3. The van der Waals surface area contributed by atoms with Crippen LogP contribution >= 0.6 is 0 Å². The Morgan fingerprint density at radius 2 is 1.89 bits per heavy atom. The second-order valence-electron chi connectivity index (χ2n) is 6.94. The van der Waals surface area contributed by atoms with Crippen molar-refractivity contribution in [1.82, 2.24) is 0 Å². The third-order valence-corrected chi connectivity index (χ3v) is 5.69. The smallest absolute Gasteiger partial charge is 0.337 e. The Labute approximate surface area is 161 Å². The summed E-state index contributed by atoms with van der Waals surface area (Å²) >= 11 is 0. The predicted octanol–water partition coefficient (Wildman–Crippen LogP) is 1.79. The quantitative estimate of drug-likeness (QED) is 0.578. The van der Waals surface area contributed by atoms with Crippen molar-refractivity contribution in [3.8, 4) is 5.75 Å². The van der Waals surface area contributed by atoms with Crippen LogP contribution in [0.15, 0.2) is 41.5 Å². The summed E-state index contributed by atoms with van der Waals surface area (Å²) < 4.78 is 21.1. The second kappa shape index (κ2) is 6.60. The number of benzene rings is 1. The third-order valence-electron chi connectivity index (χ3n) is 5.69. The van der Waals surface area contributed by atoms with E-state index in [1.54, 1.807) is 31.4 Å². The van der Waals surface area contributed by atoms with Gasteiger partial charge in [0.1, 0.15) is 17.5 Å². The molecule has 2 aliphatic heterocycles. The number of Topliss-reactive ketones (excluding diaryl/α,β-unsaturated/α-hetero) is 1. The number of methoxy groups -OCH3 is 3. The van der Waals surface area contributed by atoms with Crippen LogP contribution in [0.3, 0.4) is 0 Å². The summed E-state index contributed by atoms with van der Waals surface area (Å²) in [5, 5.41) is 0. The highest BCUT2D eigenvalue weighted by Gasteiger charge is 2.60. The first-order valence-electron chi connectivity index (χ1n) is 8.96. The molecule has 0 saturated carbocycles. The van der Waals surface area contributed by atoms with Gasteiger partial charge >= 0.3 is 11.9 Å². The largest absolute Gasteiger partial charge is 0.497 e. The van der Waals surface area contributed by atoms with Gasteiger partial charge in [-0.3, -0.25) is 4.79 Å². The molecule has 0 spiro atoms. The summed E-state index contributed by atoms with van der Waals surface area (Å²) in [6, 6.07) is 5.31. The fourth-order valence-corrected chi connectivity index (χ4v) is 4.41. The van der Waals surface area contributed by atoms with Crippen LogP contribution < -0.4 is 4.74 Å². The maximum Gasteiger partial charge on any atom is 0.337 e. The molecule has 1 aromatic rings. The number of esters is 2. The summed E-state index contributed by atoms with van der Waals surface area (Å²) in [7, 11) is 4.05. The van der Waals surface area contributed by atoms with Gasteiger partial charge in [0, 0.05) is 5.56 Å². The summed E-state index contributed by atoms with van der Waals surface area (Å²) in [6.45, 7) is 0. The number of ether oxygens (including phenoxy) is 4. The number of hydrogen-bond donors (Lipinski definition) is 0. The maximum atomic E-state index is 13.3. The first-order valence-corrected chi connectivity index (χ1v) is 8.96. The standard InChI is InChI=1S/C21H20O7/c1-25-12-5-6-13-11(10-12)4-7-14(18(13)22)21-9-8-15(28-21)16(19(23)26-2)17(21)20(24)27-3/h5-6,8-10,14-15H,4,7H2,1-3H3. The van der Waals surface area contributed by atoms with Gasteiger partial charge in [0.2, 0.25) is 0 Å². The first kappa shape index (κ1) is 18.4. The normalized spacial score (nSPS) is 27.6. The molecular weight excluding hydrogens is 364 g/mol. The highest BCUT2D eigenvalue weighted by atomic mass is 16.6. The molecule has 2 bridgehead atoms. The fraction of sp³-hybridized carbons (Fsp3) is 0.381. The molecular formula is C21H20O7. The molecule has 1 aliphatic carbocycles. The molecule has 7 nitrogen and oxygen atoms in total. The van der Waals surface area contributed by atoms with Gasteiger partial charge in [-0.2, -0.15) is 0 Å². The van der Waals surface area contributed by atoms with Gasteiger partial charge in [0.15, 0.2) is 5.78 Å². The number of fused-ring (bicyclic) bond motifs is 3. The average molecular weight is 384 g/mol. The third kappa shape index (κ3) is 2.43. The highest BCUT2D eigenvalue weighted by Crippen LogP contribution is 2.51. The lowest BCUT2D eigenvalue weighted by molar-refractivity contribution is -0.139. The van der Waals surface area contributed by atoms with E-state index < -0.39 is 29.6 Å². The van der Waals surface area contributed by atoms with Gasteiger partial charge in [-0.05, 0) is 42.7 Å². The van der Waals surface area contributed by atoms with E-state index >= 15 is 0 Å². The number of rotatable bonds is 4. The highest BCUT2D eigenvalue weighted by molar-refractivity contribution is 6.08. The van der Waals surface area contributed by atoms with Gasteiger partial charge in [-0.25, -0.2) is 9.59 Å². The van der Waals surface area contributed by atoms with E-state index in [1.807, 2.05) is 6.07 Å². The van der Waals surface area contributed by atoms with Crippen molar-refractivity contribution in [3.05, 3.63) is 52.6 Å². The Kier molecular flexibility index (Phi) is 4.34. The van der Waals surface area contributed by atoms with E-state index in [0.717, 1.165) is 5.56 Å². The van der Waals surface area contributed by atoms with E-state index in [-0.39, 0.29) is 16.9 Å². The molecule has 1 aromatic carbocycles. The number of hydrogen-bond acceptors (Lipinski definition) is 7. The lowest BCUT2D eigenvalue weighted by atomic mass is 9.69. The minimum atomic E-state index is -1.32. The van der Waals surface area contributed by atoms with Crippen LogP contribution in [0.1, 0.15) is 22.3 Å². The molecule has 3 aliphatic rings. The minimum absolute atomic E-state index is 0.0599. The van der Waals surface area contributed by atoms with Crippen molar-refractivity contribution in [2.75, 3.05) is 21.3 Å². The van der Waals surface area contributed by atoms with E-state index in [4.69, 9.17) is 18.9 Å². The molecule has 7 heteroatoms. The van der Waals surface area contributed by atoms with Gasteiger partial charge in [0.25, 0.3) is 0 Å². The zero-order chi connectivity index (χ0) is 20.1. The van der Waals surface area contributed by atoms with E-state index in [2.05, 4.69) is 0 Å². The number of ketones is 1. The van der Waals surface area contributed by atoms with E-state index in [1.165, 1.54) is 14.2 Å². The first-order chi connectivity index (χ1) is 13.5. The summed E-state index contributed by atoms with van der Waals surface area (Å²) in [4.78, 5) is 38.2. The van der Waals surface area contributed by atoms with Crippen LogP contribution in [-0.2, 0) is 30.2 Å². The van der Waals surface area contributed by atoms with Gasteiger partial charge < -0.3 is 18.9 Å². The van der Waals surface area contributed by atoms with Crippen LogP contribution in [0.2, 0.25) is 0 Å². The second-order valence-corrected chi connectivity index (χ2v) is 6.94. The Morgan fingerprint density at radius 3 is 2.57 bits per heavy atom. The topological polar surface area (TPSA) is 88.1 Å². The minimum Gasteiger partial charge on any atom is -0.497 e. The maximum absolute atomic E-state index is 13.3. The SMILES string of the molecule is COC(=O)C1=C(C(=O)OC)C2(C3CCc4cc(OC)ccc4C3=O)C=CC1O2. The monoisotopic (exact) mass is 384 g/mol. The molecule has 2 heterocycles. The van der Waals surface area contributed by atoms with Gasteiger partial charge in [-0.15, -0.1) is 0 Å². The molecule has 0 radical (unpaired) electrons. The molecule has 0 amide bonds. The van der Waals surface area contributed by atoms with Crippen LogP contribution in [0.5, 0.6) is 5.75 Å². The van der Waals surface area contributed by atoms with Crippen molar-refractivity contribution in [3.63, 3.8) is 0 Å². The Bertz CT molecular complexity index is 942. The van der Waals surface area contributed by atoms with Gasteiger partial charge in [-0.1, -0.05) is 6.08 Å². The Balaban J connectivity index is 1.80. The van der Waals surface area contributed by atoms with E-state index in [9.17, 15) is 14.4 Å². The average Bonchev–Trinajstić information content (AvgIpc) is 3.29. The molecule has 0 fully saturated rings. The lowest BCUT2D eigenvalue weighted by Gasteiger charge is -2.36. The van der Waals surface area contributed by atoms with Crippen LogP contribution in [0.4, 0.5) is 0 Å². The fourth-order valence-electron chi connectivity index (χ4n) is 4.41. The van der Waals surface area contributed by atoms with Crippen molar-refractivity contribution < 1.29 is 33.3 Å². The Hall–Kier alpha value is -2.93. The number of carbonyl (C=O) groups excluding carboxylic acids is 3. The number of aryl methyl sites for hydroxylation is 1. The molecule has 146 valence electrons. The molecule has 0 N–H and O–H groups in total. The van der Waals surface area contributed by atoms with Crippen molar-refractivity contribution >= 4 is 17.7 Å². The van der Waals surface area contributed by atoms with Crippen LogP contribution in [0, 0.1) is 5.92 Å². The van der Waals surface area contributed by atoms with Crippen LogP contribution in [0.25, 0.3) is 0 Å². The molecule has 0 saturated heterocycles. The van der Waals surface area contributed by atoms with Crippen molar-refractivity contribution in [2.45, 2.75) is 24.5 Å². The zero-order valence-electron chi connectivity index (χ0n) is 15.8. The summed E-state index contributed by atoms with van der Waals surface area (Å²) in [5.41, 5.74) is 0.304. The summed E-state index contributed by atoms with van der Waals surface area (Å²) in [6.07, 6.45) is 3.74. The van der Waals surface area contributed by atoms with Crippen molar-refractivity contribution in [2.24, 2.45) is 5.92 Å². The molecule has 0 aromatic heterocycles. The van der Waals surface area contributed by atoms with E-state index in [0.29, 0.717) is 24.2 Å². The molecule has 4 rings (SSSR count). The van der Waals surface area contributed by atoms with Crippen LogP contribution in [-0.4, -0.2) is 50.8 Å². The Morgan fingerprint density at radius 1 is 1.14 bits per heavy atom. The summed E-state index contributed by atoms with van der Waals surface area (Å²) in [5.74, 6) is -1.46. The zero-order valence-corrected chi connectivity index (χ0v) is 15.8. The van der Waals surface area contributed by atoms with Crippen molar-refractivity contribution in [1.29, 1.82) is 0 Å².